The van der Waals surface area contributed by atoms with E-state index in [0.717, 1.165) is 29.7 Å². The van der Waals surface area contributed by atoms with Gasteiger partial charge in [-0.1, -0.05) is 27.2 Å². The van der Waals surface area contributed by atoms with Crippen molar-refractivity contribution in [3.63, 3.8) is 0 Å². The largest absolute Gasteiger partial charge is 0.328 e. The smallest absolute Gasteiger partial charge is 0.0129 e. The van der Waals surface area contributed by atoms with Crippen molar-refractivity contribution < 1.29 is 0 Å². The molecule has 1 fully saturated rings. The highest BCUT2D eigenvalue weighted by Crippen LogP contribution is 2.44. The molecule has 0 bridgehead atoms. The van der Waals surface area contributed by atoms with Crippen molar-refractivity contribution in [1.82, 2.24) is 4.90 Å². The Balaban J connectivity index is 2.77. The van der Waals surface area contributed by atoms with Gasteiger partial charge in [0.1, 0.15) is 0 Å². The molecule has 0 aromatic carbocycles. The molecule has 1 aliphatic rings. The second kappa shape index (κ2) is 7.79. The predicted molar refractivity (Wildman–Crippen MR) is 89.8 cm³/mol. The van der Waals surface area contributed by atoms with Crippen molar-refractivity contribution in [3.05, 3.63) is 0 Å². The van der Waals surface area contributed by atoms with Crippen LogP contribution in [0.5, 0.6) is 0 Å². The maximum atomic E-state index is 6.07. The summed E-state index contributed by atoms with van der Waals surface area (Å²) in [6.07, 6.45) is 5.29. The van der Waals surface area contributed by atoms with Gasteiger partial charge in [0, 0.05) is 18.1 Å². The molecule has 0 heterocycles. The Bertz CT molecular complexity index is 273. The van der Waals surface area contributed by atoms with Crippen LogP contribution in [0.25, 0.3) is 0 Å². The van der Waals surface area contributed by atoms with Gasteiger partial charge in [0.05, 0.1) is 0 Å². The minimum absolute atomic E-state index is 0.344. The Morgan fingerprint density at radius 3 is 2.20 bits per heavy atom. The number of nitrogens with zero attached hydrogens (tertiary/aromatic N) is 1. The van der Waals surface area contributed by atoms with E-state index in [-0.39, 0.29) is 0 Å². The first-order chi connectivity index (χ1) is 9.23. The molecule has 5 atom stereocenters. The monoisotopic (exact) mass is 282 g/mol. The first kappa shape index (κ1) is 18.0. The summed E-state index contributed by atoms with van der Waals surface area (Å²) in [5.41, 5.74) is 6.07. The van der Waals surface area contributed by atoms with Crippen LogP contribution in [0.4, 0.5) is 0 Å². The molecule has 0 radical (unpaired) electrons. The average molecular weight is 283 g/mol. The SMILES string of the molecule is CC(C)CCC1C(C)C(CC(C)N)CC1N(C)C(C)C. The van der Waals surface area contributed by atoms with E-state index in [0.29, 0.717) is 12.1 Å². The van der Waals surface area contributed by atoms with Gasteiger partial charge in [-0.05, 0) is 70.8 Å². The molecule has 2 nitrogen and oxygen atoms in total. The molecule has 0 amide bonds. The molecule has 0 aromatic heterocycles. The zero-order valence-corrected chi connectivity index (χ0v) is 14.9. The van der Waals surface area contributed by atoms with Crippen LogP contribution < -0.4 is 5.73 Å². The highest BCUT2D eigenvalue weighted by Gasteiger charge is 2.42. The molecule has 0 spiro atoms. The van der Waals surface area contributed by atoms with Crippen LogP contribution in [-0.4, -0.2) is 30.1 Å². The van der Waals surface area contributed by atoms with Gasteiger partial charge in [0.15, 0.2) is 0 Å². The van der Waals surface area contributed by atoms with E-state index in [4.69, 9.17) is 5.73 Å². The topological polar surface area (TPSA) is 29.3 Å². The third-order valence-corrected chi connectivity index (χ3v) is 5.55. The number of nitrogens with two attached hydrogens (primary N) is 1. The van der Waals surface area contributed by atoms with E-state index in [1.165, 1.54) is 25.7 Å². The van der Waals surface area contributed by atoms with Crippen LogP contribution in [0.2, 0.25) is 0 Å². The van der Waals surface area contributed by atoms with E-state index in [1.54, 1.807) is 0 Å². The molecule has 2 heteroatoms. The van der Waals surface area contributed by atoms with Gasteiger partial charge >= 0.3 is 0 Å². The lowest BCUT2D eigenvalue weighted by molar-refractivity contribution is 0.138. The Kier molecular flexibility index (Phi) is 7.00. The fourth-order valence-corrected chi connectivity index (χ4v) is 4.02. The van der Waals surface area contributed by atoms with Crippen molar-refractivity contribution >= 4 is 0 Å². The maximum Gasteiger partial charge on any atom is 0.0129 e. The van der Waals surface area contributed by atoms with Gasteiger partial charge < -0.3 is 10.6 Å². The summed E-state index contributed by atoms with van der Waals surface area (Å²) < 4.78 is 0. The molecule has 2 N–H and O–H groups in total. The normalized spacial score (nSPS) is 32.5. The second-order valence-electron chi connectivity index (χ2n) is 8.03. The van der Waals surface area contributed by atoms with Crippen LogP contribution >= 0.6 is 0 Å². The molecule has 1 saturated carbocycles. The molecule has 0 saturated heterocycles. The Morgan fingerprint density at radius 2 is 1.75 bits per heavy atom. The summed E-state index contributed by atoms with van der Waals surface area (Å²) in [6, 6.07) is 1.74. The summed E-state index contributed by atoms with van der Waals surface area (Å²) in [6.45, 7) is 14.0. The summed E-state index contributed by atoms with van der Waals surface area (Å²) in [5, 5.41) is 0. The van der Waals surface area contributed by atoms with Crippen LogP contribution in [0, 0.1) is 23.7 Å². The van der Waals surface area contributed by atoms with Crippen molar-refractivity contribution in [2.45, 2.75) is 85.4 Å². The minimum Gasteiger partial charge on any atom is -0.328 e. The standard InChI is InChI=1S/C18H38N2/c1-12(2)8-9-17-15(6)16(10-14(5)19)11-18(17)20(7)13(3)4/h12-18H,8-11,19H2,1-7H3. The Labute approximate surface area is 127 Å². The lowest BCUT2D eigenvalue weighted by atomic mass is 9.83. The molecule has 20 heavy (non-hydrogen) atoms. The third kappa shape index (κ3) is 4.73. The lowest BCUT2D eigenvalue weighted by Crippen LogP contribution is -2.40. The van der Waals surface area contributed by atoms with E-state index in [2.05, 4.69) is 53.5 Å². The zero-order chi connectivity index (χ0) is 15.4. The van der Waals surface area contributed by atoms with E-state index in [1.807, 2.05) is 0 Å². The predicted octanol–water partition coefficient (Wildman–Crippen LogP) is 4.14. The van der Waals surface area contributed by atoms with Crippen LogP contribution in [0.1, 0.15) is 67.2 Å². The average Bonchev–Trinajstić information content (AvgIpc) is 2.62. The van der Waals surface area contributed by atoms with Crippen molar-refractivity contribution in [2.75, 3.05) is 7.05 Å². The molecule has 120 valence electrons. The fourth-order valence-electron chi connectivity index (χ4n) is 4.02. The van der Waals surface area contributed by atoms with Gasteiger partial charge in [0.2, 0.25) is 0 Å². The fraction of sp³-hybridized carbons (Fsp3) is 1.00. The maximum absolute atomic E-state index is 6.07. The second-order valence-corrected chi connectivity index (χ2v) is 8.03. The molecular weight excluding hydrogens is 244 g/mol. The first-order valence-corrected chi connectivity index (χ1v) is 8.71. The molecule has 0 aliphatic heterocycles. The van der Waals surface area contributed by atoms with Crippen LogP contribution in [-0.2, 0) is 0 Å². The molecule has 0 aromatic rings. The Morgan fingerprint density at radius 1 is 1.15 bits per heavy atom. The van der Waals surface area contributed by atoms with Gasteiger partial charge in [-0.3, -0.25) is 0 Å². The number of hydrogen-bond donors (Lipinski definition) is 1. The van der Waals surface area contributed by atoms with Crippen LogP contribution in [0.3, 0.4) is 0 Å². The van der Waals surface area contributed by atoms with Gasteiger partial charge in [0.25, 0.3) is 0 Å². The summed E-state index contributed by atoms with van der Waals surface area (Å²) in [7, 11) is 2.32. The summed E-state index contributed by atoms with van der Waals surface area (Å²) in [5.74, 6) is 3.32. The minimum atomic E-state index is 0.344. The molecule has 1 rings (SSSR count). The highest BCUT2D eigenvalue weighted by molar-refractivity contribution is 4.95. The number of rotatable bonds is 7. The third-order valence-electron chi connectivity index (χ3n) is 5.55. The van der Waals surface area contributed by atoms with Gasteiger partial charge in [-0.25, -0.2) is 0 Å². The highest BCUT2D eigenvalue weighted by atomic mass is 15.2. The quantitative estimate of drug-likeness (QED) is 0.760. The van der Waals surface area contributed by atoms with E-state index >= 15 is 0 Å². The first-order valence-electron chi connectivity index (χ1n) is 8.71. The Hall–Kier alpha value is -0.0800. The van der Waals surface area contributed by atoms with Crippen molar-refractivity contribution in [1.29, 1.82) is 0 Å². The summed E-state index contributed by atoms with van der Waals surface area (Å²) >= 11 is 0. The van der Waals surface area contributed by atoms with Crippen molar-refractivity contribution in [2.24, 2.45) is 29.4 Å². The molecular formula is C18H38N2. The number of hydrogen-bond acceptors (Lipinski definition) is 2. The summed E-state index contributed by atoms with van der Waals surface area (Å²) in [4.78, 5) is 2.61. The van der Waals surface area contributed by atoms with Crippen LogP contribution in [0.15, 0.2) is 0 Å². The van der Waals surface area contributed by atoms with E-state index < -0.39 is 0 Å². The molecule has 5 unspecified atom stereocenters. The van der Waals surface area contributed by atoms with Crippen molar-refractivity contribution in [3.8, 4) is 0 Å². The van der Waals surface area contributed by atoms with Gasteiger partial charge in [-0.15, -0.1) is 0 Å². The zero-order valence-electron chi connectivity index (χ0n) is 14.9. The lowest BCUT2D eigenvalue weighted by Gasteiger charge is -2.34. The van der Waals surface area contributed by atoms with E-state index in [9.17, 15) is 0 Å². The molecule has 1 aliphatic carbocycles. The van der Waals surface area contributed by atoms with Gasteiger partial charge in [-0.2, -0.15) is 0 Å².